The molecule has 0 aliphatic rings. The van der Waals surface area contributed by atoms with Crippen molar-refractivity contribution in [3.8, 4) is 5.75 Å². The van der Waals surface area contributed by atoms with E-state index < -0.39 is 5.24 Å². The number of benzene rings is 1. The first-order valence-electron chi connectivity index (χ1n) is 3.61. The Hall–Kier alpha value is -0.670. The van der Waals surface area contributed by atoms with Gasteiger partial charge in [0.1, 0.15) is 5.75 Å². The Kier molecular flexibility index (Phi) is 3.63. The van der Waals surface area contributed by atoms with Crippen LogP contribution in [0.3, 0.4) is 0 Å². The fourth-order valence-electron chi connectivity index (χ4n) is 0.968. The summed E-state index contributed by atoms with van der Waals surface area (Å²) in [6, 6.07) is 5.34. The van der Waals surface area contributed by atoms with E-state index in [0.717, 1.165) is 4.90 Å². The van der Waals surface area contributed by atoms with Crippen LogP contribution in [0, 0.1) is 0 Å². The van der Waals surface area contributed by atoms with Crippen LogP contribution in [0.4, 0.5) is 0 Å². The van der Waals surface area contributed by atoms with E-state index in [1.807, 2.05) is 12.3 Å². The lowest BCUT2D eigenvalue weighted by atomic mass is 10.2. The van der Waals surface area contributed by atoms with Crippen molar-refractivity contribution in [2.75, 3.05) is 13.4 Å². The molecule has 1 aromatic rings. The minimum atomic E-state index is -0.493. The summed E-state index contributed by atoms with van der Waals surface area (Å²) >= 11 is 6.94. The summed E-state index contributed by atoms with van der Waals surface area (Å²) in [6.45, 7) is 0. The van der Waals surface area contributed by atoms with Gasteiger partial charge in [-0.05, 0) is 36.1 Å². The molecule has 4 heteroatoms. The highest BCUT2D eigenvalue weighted by Gasteiger charge is 2.09. The van der Waals surface area contributed by atoms with Crippen LogP contribution in [0.5, 0.6) is 5.75 Å². The van der Waals surface area contributed by atoms with Crippen LogP contribution in [0.15, 0.2) is 23.1 Å². The molecule has 0 bridgehead atoms. The highest BCUT2D eigenvalue weighted by Crippen LogP contribution is 2.25. The Morgan fingerprint density at radius 1 is 1.54 bits per heavy atom. The zero-order valence-electron chi connectivity index (χ0n) is 7.33. The van der Waals surface area contributed by atoms with Crippen molar-refractivity contribution in [1.29, 1.82) is 0 Å². The van der Waals surface area contributed by atoms with Crippen LogP contribution in [0.1, 0.15) is 10.4 Å². The van der Waals surface area contributed by atoms with Crippen LogP contribution in [-0.2, 0) is 0 Å². The number of ether oxygens (including phenoxy) is 1. The van der Waals surface area contributed by atoms with Crippen molar-refractivity contribution >= 4 is 28.6 Å². The van der Waals surface area contributed by atoms with Crippen LogP contribution >= 0.6 is 23.4 Å². The van der Waals surface area contributed by atoms with E-state index in [1.165, 1.54) is 7.11 Å². The predicted molar refractivity (Wildman–Crippen MR) is 55.0 cm³/mol. The normalized spacial score (nSPS) is 9.77. The van der Waals surface area contributed by atoms with Crippen LogP contribution in [0.2, 0.25) is 0 Å². The second kappa shape index (κ2) is 4.53. The van der Waals surface area contributed by atoms with E-state index in [0.29, 0.717) is 11.3 Å². The Balaban J connectivity index is 3.18. The van der Waals surface area contributed by atoms with Crippen LogP contribution in [0.25, 0.3) is 0 Å². The fourth-order valence-corrected chi connectivity index (χ4v) is 1.56. The predicted octanol–water partition coefficient (Wildman–Crippen LogP) is 2.80. The minimum Gasteiger partial charge on any atom is -0.496 e. The maximum Gasteiger partial charge on any atom is 0.256 e. The van der Waals surface area contributed by atoms with E-state index in [1.54, 1.807) is 23.9 Å². The zero-order chi connectivity index (χ0) is 9.84. The van der Waals surface area contributed by atoms with Gasteiger partial charge in [0.05, 0.1) is 12.7 Å². The number of carbonyl (C=O) groups excluding carboxylic acids is 1. The van der Waals surface area contributed by atoms with Crippen molar-refractivity contribution < 1.29 is 9.53 Å². The smallest absolute Gasteiger partial charge is 0.256 e. The summed E-state index contributed by atoms with van der Waals surface area (Å²) in [5, 5.41) is -0.493. The number of hydrogen-bond donors (Lipinski definition) is 0. The van der Waals surface area contributed by atoms with Gasteiger partial charge >= 0.3 is 0 Å². The molecule has 0 unspecified atom stereocenters. The number of halogens is 1. The standard InChI is InChI=1S/C9H9ClO2S/c1-12-8-4-3-6(13-2)5-7(8)9(10)11/h3-5H,1-2H3. The second-order valence-corrected chi connectivity index (χ2v) is 3.56. The molecule has 0 heterocycles. The van der Waals surface area contributed by atoms with Gasteiger partial charge in [-0.1, -0.05) is 0 Å². The van der Waals surface area contributed by atoms with Crippen molar-refractivity contribution in [1.82, 2.24) is 0 Å². The summed E-state index contributed by atoms with van der Waals surface area (Å²) in [4.78, 5) is 12.0. The Bertz CT molecular complexity index is 325. The van der Waals surface area contributed by atoms with Gasteiger partial charge in [0.2, 0.25) is 0 Å². The Morgan fingerprint density at radius 2 is 2.23 bits per heavy atom. The lowest BCUT2D eigenvalue weighted by molar-refractivity contribution is 0.107. The number of hydrogen-bond acceptors (Lipinski definition) is 3. The van der Waals surface area contributed by atoms with Gasteiger partial charge in [0.15, 0.2) is 0 Å². The van der Waals surface area contributed by atoms with Gasteiger partial charge in [-0.2, -0.15) is 0 Å². The molecule has 0 aliphatic carbocycles. The zero-order valence-corrected chi connectivity index (χ0v) is 8.91. The van der Waals surface area contributed by atoms with Crippen molar-refractivity contribution in [3.05, 3.63) is 23.8 Å². The Morgan fingerprint density at radius 3 is 2.69 bits per heavy atom. The highest BCUT2D eigenvalue weighted by atomic mass is 35.5. The number of thioether (sulfide) groups is 1. The average Bonchev–Trinajstić information content (AvgIpc) is 2.16. The molecular weight excluding hydrogens is 208 g/mol. The second-order valence-electron chi connectivity index (χ2n) is 2.34. The van der Waals surface area contributed by atoms with Crippen molar-refractivity contribution in [2.24, 2.45) is 0 Å². The summed E-state index contributed by atoms with van der Waals surface area (Å²) in [5.74, 6) is 0.512. The van der Waals surface area contributed by atoms with Gasteiger partial charge < -0.3 is 4.74 Å². The molecule has 1 rings (SSSR count). The van der Waals surface area contributed by atoms with Gasteiger partial charge in [-0.15, -0.1) is 11.8 Å². The maximum absolute atomic E-state index is 11.0. The minimum absolute atomic E-state index is 0.413. The van der Waals surface area contributed by atoms with Crippen molar-refractivity contribution in [2.45, 2.75) is 4.90 Å². The molecule has 70 valence electrons. The van der Waals surface area contributed by atoms with E-state index in [4.69, 9.17) is 16.3 Å². The summed E-state index contributed by atoms with van der Waals surface area (Å²) in [7, 11) is 1.51. The molecule has 0 radical (unpaired) electrons. The molecular formula is C9H9ClO2S. The molecule has 0 saturated heterocycles. The first kappa shape index (κ1) is 10.4. The van der Waals surface area contributed by atoms with Crippen LogP contribution < -0.4 is 4.74 Å². The maximum atomic E-state index is 11.0. The SMILES string of the molecule is COc1ccc(SC)cc1C(=O)Cl. The third-order valence-electron chi connectivity index (χ3n) is 1.62. The third kappa shape index (κ3) is 2.39. The highest BCUT2D eigenvalue weighted by molar-refractivity contribution is 7.98. The first-order chi connectivity index (χ1) is 6.19. The monoisotopic (exact) mass is 216 g/mol. The Labute approximate surface area is 86.2 Å². The van der Waals surface area contributed by atoms with Gasteiger partial charge in [-0.25, -0.2) is 0 Å². The largest absolute Gasteiger partial charge is 0.496 e. The quantitative estimate of drug-likeness (QED) is 0.574. The number of rotatable bonds is 3. The molecule has 13 heavy (non-hydrogen) atoms. The molecule has 0 amide bonds. The van der Waals surface area contributed by atoms with E-state index in [9.17, 15) is 4.79 Å². The summed E-state index contributed by atoms with van der Waals surface area (Å²) in [5.41, 5.74) is 0.413. The van der Waals surface area contributed by atoms with Crippen molar-refractivity contribution in [3.63, 3.8) is 0 Å². The molecule has 0 atom stereocenters. The molecule has 0 spiro atoms. The topological polar surface area (TPSA) is 26.3 Å². The summed E-state index contributed by atoms with van der Waals surface area (Å²) in [6.07, 6.45) is 1.93. The first-order valence-corrected chi connectivity index (χ1v) is 5.21. The van der Waals surface area contributed by atoms with Gasteiger partial charge in [-0.3, -0.25) is 4.79 Å². The number of methoxy groups -OCH3 is 1. The lowest BCUT2D eigenvalue weighted by Gasteiger charge is -2.05. The summed E-state index contributed by atoms with van der Waals surface area (Å²) < 4.78 is 4.99. The molecule has 0 fully saturated rings. The van der Waals surface area contributed by atoms with Gasteiger partial charge in [0, 0.05) is 4.90 Å². The van der Waals surface area contributed by atoms with E-state index in [-0.39, 0.29) is 0 Å². The average molecular weight is 217 g/mol. The number of carbonyl (C=O) groups is 1. The van der Waals surface area contributed by atoms with E-state index in [2.05, 4.69) is 0 Å². The molecule has 0 aliphatic heterocycles. The van der Waals surface area contributed by atoms with E-state index >= 15 is 0 Å². The molecule has 0 saturated carbocycles. The van der Waals surface area contributed by atoms with Gasteiger partial charge in [0.25, 0.3) is 5.24 Å². The third-order valence-corrected chi connectivity index (χ3v) is 2.55. The molecule has 1 aromatic carbocycles. The van der Waals surface area contributed by atoms with Crippen LogP contribution in [-0.4, -0.2) is 18.6 Å². The fraction of sp³-hybridized carbons (Fsp3) is 0.222. The molecule has 0 N–H and O–H groups in total. The molecule has 2 nitrogen and oxygen atoms in total. The lowest BCUT2D eigenvalue weighted by Crippen LogP contribution is -1.95. The molecule has 0 aromatic heterocycles.